The van der Waals surface area contributed by atoms with Gasteiger partial charge in [0.2, 0.25) is 0 Å². The van der Waals surface area contributed by atoms with Crippen molar-refractivity contribution in [3.8, 4) is 0 Å². The van der Waals surface area contributed by atoms with Crippen LogP contribution in [0.3, 0.4) is 0 Å². The molecule has 0 radical (unpaired) electrons. The Bertz CT molecular complexity index is 432. The van der Waals surface area contributed by atoms with E-state index in [1.54, 1.807) is 27.7 Å². The van der Waals surface area contributed by atoms with Gasteiger partial charge in [0, 0.05) is 0 Å². The monoisotopic (exact) mass is 275 g/mol. The molecule has 0 fully saturated rings. The minimum atomic E-state index is -1.01. The second-order valence-electron chi connectivity index (χ2n) is 5.20. The molecule has 17 heavy (non-hydrogen) atoms. The van der Waals surface area contributed by atoms with Crippen molar-refractivity contribution in [1.29, 1.82) is 0 Å². The maximum Gasteiger partial charge on any atom is 0.263 e. The Kier molecular flexibility index (Phi) is 3.91. The molecule has 1 heterocycles. The van der Waals surface area contributed by atoms with Crippen LogP contribution in [0.5, 0.6) is 0 Å². The van der Waals surface area contributed by atoms with Gasteiger partial charge in [0.15, 0.2) is 0 Å². The lowest BCUT2D eigenvalue weighted by Gasteiger charge is -2.37. The first-order valence-corrected chi connectivity index (χ1v) is 6.60. The molecule has 1 aromatic rings. The molecule has 0 aliphatic rings. The van der Waals surface area contributed by atoms with Gasteiger partial charge >= 0.3 is 0 Å². The number of carbonyl (C=O) groups excluding carboxylic acids is 1. The van der Waals surface area contributed by atoms with Crippen LogP contribution in [0.15, 0.2) is 5.38 Å². The highest BCUT2D eigenvalue weighted by Crippen LogP contribution is 2.28. The first-order valence-electron chi connectivity index (χ1n) is 5.35. The molecule has 0 bridgehead atoms. The van der Waals surface area contributed by atoms with E-state index in [0.717, 1.165) is 5.56 Å². The van der Waals surface area contributed by atoms with Crippen LogP contribution in [0.2, 0.25) is 5.02 Å². The summed E-state index contributed by atoms with van der Waals surface area (Å²) in [6.45, 7) is 8.73. The molecule has 5 heteroatoms. The summed E-state index contributed by atoms with van der Waals surface area (Å²) in [5, 5.41) is 15.1. The smallest absolute Gasteiger partial charge is 0.263 e. The number of nitrogens with one attached hydrogen (secondary N) is 1. The predicted octanol–water partition coefficient (Wildman–Crippen LogP) is 2.99. The number of hydrogen-bond acceptors (Lipinski definition) is 3. The highest BCUT2D eigenvalue weighted by Gasteiger charge is 2.37. The first-order chi connectivity index (χ1) is 7.56. The van der Waals surface area contributed by atoms with E-state index in [2.05, 4.69) is 5.32 Å². The van der Waals surface area contributed by atoms with Crippen molar-refractivity contribution in [2.45, 2.75) is 45.8 Å². The fourth-order valence-corrected chi connectivity index (χ4v) is 2.25. The van der Waals surface area contributed by atoms with Crippen molar-refractivity contribution in [1.82, 2.24) is 5.32 Å². The summed E-state index contributed by atoms with van der Waals surface area (Å²) in [5.41, 5.74) is -0.852. The molecule has 1 rings (SSSR count). The molecule has 3 nitrogen and oxygen atoms in total. The third-order valence-corrected chi connectivity index (χ3v) is 4.76. The molecule has 0 aromatic carbocycles. The number of aliphatic hydroxyl groups is 1. The second kappa shape index (κ2) is 4.59. The normalized spacial score (nSPS) is 12.6. The molecule has 0 atom stereocenters. The summed E-state index contributed by atoms with van der Waals surface area (Å²) in [6.07, 6.45) is 0. The number of aryl methyl sites for hydroxylation is 1. The van der Waals surface area contributed by atoms with E-state index >= 15 is 0 Å². The summed E-state index contributed by atoms with van der Waals surface area (Å²) in [6, 6.07) is 0. The van der Waals surface area contributed by atoms with E-state index in [4.69, 9.17) is 11.6 Å². The van der Waals surface area contributed by atoms with E-state index in [9.17, 15) is 9.90 Å². The summed E-state index contributed by atoms with van der Waals surface area (Å²) in [4.78, 5) is 12.5. The van der Waals surface area contributed by atoms with Crippen LogP contribution in [-0.4, -0.2) is 22.2 Å². The van der Waals surface area contributed by atoms with Crippen LogP contribution < -0.4 is 5.32 Å². The van der Waals surface area contributed by atoms with E-state index in [-0.39, 0.29) is 5.91 Å². The van der Waals surface area contributed by atoms with E-state index in [0.29, 0.717) is 9.90 Å². The fraction of sp³-hybridized carbons (Fsp3) is 0.583. The molecule has 2 N–H and O–H groups in total. The van der Waals surface area contributed by atoms with Crippen molar-refractivity contribution in [2.75, 3.05) is 0 Å². The Balaban J connectivity index is 2.91. The van der Waals surface area contributed by atoms with Gasteiger partial charge in [-0.1, -0.05) is 11.6 Å². The highest BCUT2D eigenvalue weighted by atomic mass is 35.5. The average molecular weight is 276 g/mol. The zero-order valence-corrected chi connectivity index (χ0v) is 12.3. The SMILES string of the molecule is Cc1csc(C(=O)NC(C)(C)C(C)(C)O)c1Cl. The van der Waals surface area contributed by atoms with Gasteiger partial charge in [-0.25, -0.2) is 0 Å². The van der Waals surface area contributed by atoms with Crippen LogP contribution in [0, 0.1) is 6.92 Å². The number of amides is 1. The van der Waals surface area contributed by atoms with E-state index in [1.165, 1.54) is 11.3 Å². The average Bonchev–Trinajstić information content (AvgIpc) is 2.45. The molecular formula is C12H18ClNO2S. The number of halogens is 1. The molecule has 0 aliphatic carbocycles. The number of hydrogen-bond donors (Lipinski definition) is 2. The zero-order chi connectivity index (χ0) is 13.4. The summed E-state index contributed by atoms with van der Waals surface area (Å²) in [5.74, 6) is -0.250. The van der Waals surface area contributed by atoms with Crippen molar-refractivity contribution in [3.05, 3.63) is 20.8 Å². The summed E-state index contributed by atoms with van der Waals surface area (Å²) < 4.78 is 0. The molecule has 96 valence electrons. The van der Waals surface area contributed by atoms with Crippen LogP contribution in [0.25, 0.3) is 0 Å². The van der Waals surface area contributed by atoms with Gasteiger partial charge in [-0.05, 0) is 45.6 Å². The lowest BCUT2D eigenvalue weighted by atomic mass is 9.86. The number of rotatable bonds is 3. The van der Waals surface area contributed by atoms with Gasteiger partial charge in [0.05, 0.1) is 16.2 Å². The maximum absolute atomic E-state index is 12.0. The number of thiophene rings is 1. The van der Waals surface area contributed by atoms with Crippen molar-refractivity contribution in [2.24, 2.45) is 0 Å². The Labute approximate surface area is 111 Å². The maximum atomic E-state index is 12.0. The minimum Gasteiger partial charge on any atom is -0.388 e. The number of carbonyl (C=O) groups is 1. The van der Waals surface area contributed by atoms with Crippen LogP contribution in [0.4, 0.5) is 0 Å². The predicted molar refractivity (Wildman–Crippen MR) is 71.9 cm³/mol. The van der Waals surface area contributed by atoms with Crippen molar-refractivity contribution < 1.29 is 9.90 Å². The molecule has 0 spiro atoms. The lowest BCUT2D eigenvalue weighted by Crippen LogP contribution is -2.57. The highest BCUT2D eigenvalue weighted by molar-refractivity contribution is 7.13. The largest absolute Gasteiger partial charge is 0.388 e. The van der Waals surface area contributed by atoms with Gasteiger partial charge in [-0.3, -0.25) is 4.79 Å². The van der Waals surface area contributed by atoms with E-state index < -0.39 is 11.1 Å². The Hall–Kier alpha value is -0.580. The Morgan fingerprint density at radius 2 is 1.94 bits per heavy atom. The lowest BCUT2D eigenvalue weighted by molar-refractivity contribution is -0.00284. The fourth-order valence-electron chi connectivity index (χ4n) is 1.08. The molecule has 0 saturated heterocycles. The van der Waals surface area contributed by atoms with Crippen LogP contribution in [-0.2, 0) is 0 Å². The standard InChI is InChI=1S/C12H18ClNO2S/c1-7-6-17-9(8(7)13)10(15)14-11(2,3)12(4,5)16/h6,16H,1-5H3,(H,14,15). The Morgan fingerprint density at radius 3 is 2.29 bits per heavy atom. The zero-order valence-electron chi connectivity index (χ0n) is 10.7. The molecule has 0 unspecified atom stereocenters. The second-order valence-corrected chi connectivity index (χ2v) is 6.46. The van der Waals surface area contributed by atoms with Gasteiger partial charge < -0.3 is 10.4 Å². The van der Waals surface area contributed by atoms with Crippen molar-refractivity contribution >= 4 is 28.8 Å². The van der Waals surface area contributed by atoms with Gasteiger partial charge in [0.1, 0.15) is 4.88 Å². The third kappa shape index (κ3) is 3.00. The van der Waals surface area contributed by atoms with Crippen molar-refractivity contribution in [3.63, 3.8) is 0 Å². The minimum absolute atomic E-state index is 0.250. The van der Waals surface area contributed by atoms with Crippen LogP contribution in [0.1, 0.15) is 42.9 Å². The van der Waals surface area contributed by atoms with Gasteiger partial charge in [0.25, 0.3) is 5.91 Å². The summed E-state index contributed by atoms with van der Waals surface area (Å²) >= 11 is 7.34. The Morgan fingerprint density at radius 1 is 1.41 bits per heavy atom. The van der Waals surface area contributed by atoms with Gasteiger partial charge in [-0.15, -0.1) is 11.3 Å². The first kappa shape index (κ1) is 14.5. The van der Waals surface area contributed by atoms with Crippen LogP contribution >= 0.6 is 22.9 Å². The molecule has 0 aliphatic heterocycles. The topological polar surface area (TPSA) is 49.3 Å². The molecule has 0 saturated carbocycles. The molecule has 1 aromatic heterocycles. The van der Waals surface area contributed by atoms with Gasteiger partial charge in [-0.2, -0.15) is 0 Å². The molecule has 1 amide bonds. The third-order valence-electron chi connectivity index (χ3n) is 3.06. The van der Waals surface area contributed by atoms with E-state index in [1.807, 2.05) is 12.3 Å². The summed E-state index contributed by atoms with van der Waals surface area (Å²) in [7, 11) is 0. The quantitative estimate of drug-likeness (QED) is 0.891. The molecular weight excluding hydrogens is 258 g/mol.